The third-order valence-electron chi connectivity index (χ3n) is 3.70. The van der Waals surface area contributed by atoms with Crippen LogP contribution in [0.5, 0.6) is 5.75 Å². The first-order chi connectivity index (χ1) is 11.9. The fourth-order valence-corrected chi connectivity index (χ4v) is 4.23. The van der Waals surface area contributed by atoms with Crippen molar-refractivity contribution in [1.82, 2.24) is 9.29 Å². The number of halogens is 2. The number of nitrogens with zero attached hydrogens (tertiary/aromatic N) is 1. The molecule has 0 aliphatic rings. The minimum Gasteiger partial charge on any atom is -0.492 e. The molecular formula is C17H16BrFN2O3S. The Morgan fingerprint density at radius 3 is 2.76 bits per heavy atom. The molecule has 0 atom stereocenters. The number of benzene rings is 2. The van der Waals surface area contributed by atoms with E-state index < -0.39 is 15.8 Å². The molecule has 25 heavy (non-hydrogen) atoms. The maximum atomic E-state index is 14.2. The van der Waals surface area contributed by atoms with Crippen LogP contribution in [0.15, 0.2) is 58.0 Å². The zero-order valence-electron chi connectivity index (χ0n) is 13.4. The van der Waals surface area contributed by atoms with Crippen LogP contribution in [-0.4, -0.2) is 32.6 Å². The molecule has 1 aromatic heterocycles. The first-order valence-corrected chi connectivity index (χ1v) is 9.76. The molecule has 3 aromatic rings. The van der Waals surface area contributed by atoms with Gasteiger partial charge >= 0.3 is 0 Å². The fraction of sp³-hybridized carbons (Fsp3) is 0.176. The standard InChI is InChI=1S/C17H16BrFN2O3S/c1-20-8-10-24-16-4-2-3-15-13(16)7-9-21(15)25(22,23)17-6-5-12(18)11-14(17)19/h2-7,9,11,20H,8,10H2,1H3. The van der Waals surface area contributed by atoms with Crippen molar-refractivity contribution in [2.45, 2.75) is 4.90 Å². The molecule has 0 unspecified atom stereocenters. The van der Waals surface area contributed by atoms with Crippen LogP contribution in [0, 0.1) is 5.82 Å². The summed E-state index contributed by atoms with van der Waals surface area (Å²) in [6, 6.07) is 10.7. The summed E-state index contributed by atoms with van der Waals surface area (Å²) in [6.07, 6.45) is 1.41. The molecule has 132 valence electrons. The summed E-state index contributed by atoms with van der Waals surface area (Å²) in [5.74, 6) is -0.226. The van der Waals surface area contributed by atoms with Crippen LogP contribution in [0.25, 0.3) is 10.9 Å². The molecule has 2 aromatic carbocycles. The maximum Gasteiger partial charge on any atom is 0.271 e. The van der Waals surface area contributed by atoms with Crippen molar-refractivity contribution < 1.29 is 17.5 Å². The number of hydrogen-bond donors (Lipinski definition) is 1. The number of aromatic nitrogens is 1. The van der Waals surface area contributed by atoms with Gasteiger partial charge in [-0.3, -0.25) is 0 Å². The van der Waals surface area contributed by atoms with Gasteiger partial charge in [0.2, 0.25) is 0 Å². The van der Waals surface area contributed by atoms with Crippen LogP contribution >= 0.6 is 15.9 Å². The molecule has 1 heterocycles. The number of likely N-dealkylation sites (N-methyl/N-ethyl adjacent to an activating group) is 1. The van der Waals surface area contributed by atoms with E-state index in [4.69, 9.17) is 4.74 Å². The normalized spacial score (nSPS) is 11.8. The highest BCUT2D eigenvalue weighted by molar-refractivity contribution is 9.10. The zero-order valence-corrected chi connectivity index (χ0v) is 15.8. The van der Waals surface area contributed by atoms with Crippen LogP contribution in [-0.2, 0) is 10.0 Å². The Hall–Kier alpha value is -1.90. The molecule has 8 heteroatoms. The van der Waals surface area contributed by atoms with E-state index in [0.29, 0.717) is 34.3 Å². The first-order valence-electron chi connectivity index (χ1n) is 7.53. The van der Waals surface area contributed by atoms with E-state index in [1.807, 2.05) is 7.05 Å². The third kappa shape index (κ3) is 3.42. The summed E-state index contributed by atoms with van der Waals surface area (Å²) in [7, 11) is -2.24. The van der Waals surface area contributed by atoms with Crippen molar-refractivity contribution >= 4 is 36.9 Å². The summed E-state index contributed by atoms with van der Waals surface area (Å²) >= 11 is 3.13. The second-order valence-corrected chi connectivity index (χ2v) is 8.03. The summed E-state index contributed by atoms with van der Waals surface area (Å²) in [5.41, 5.74) is 0.435. The Kier molecular flexibility index (Phi) is 5.12. The highest BCUT2D eigenvalue weighted by Gasteiger charge is 2.23. The molecule has 0 spiro atoms. The molecule has 0 bridgehead atoms. The third-order valence-corrected chi connectivity index (χ3v) is 5.91. The lowest BCUT2D eigenvalue weighted by Crippen LogP contribution is -2.16. The minimum atomic E-state index is -4.06. The quantitative estimate of drug-likeness (QED) is 0.613. The van der Waals surface area contributed by atoms with Crippen molar-refractivity contribution in [1.29, 1.82) is 0 Å². The zero-order chi connectivity index (χ0) is 18.0. The number of hydrogen-bond acceptors (Lipinski definition) is 4. The lowest BCUT2D eigenvalue weighted by atomic mass is 10.2. The topological polar surface area (TPSA) is 60.3 Å². The van der Waals surface area contributed by atoms with Crippen LogP contribution in [0.1, 0.15) is 0 Å². The summed E-state index contributed by atoms with van der Waals surface area (Å²) in [6.45, 7) is 1.12. The van der Waals surface area contributed by atoms with Gasteiger partial charge in [-0.2, -0.15) is 0 Å². The van der Waals surface area contributed by atoms with E-state index in [2.05, 4.69) is 21.2 Å². The average Bonchev–Trinajstić information content (AvgIpc) is 3.00. The summed E-state index contributed by atoms with van der Waals surface area (Å²) < 4.78 is 47.1. The molecule has 0 saturated heterocycles. The van der Waals surface area contributed by atoms with Gasteiger partial charge in [0, 0.05) is 22.6 Å². The van der Waals surface area contributed by atoms with Crippen molar-refractivity contribution in [2.24, 2.45) is 0 Å². The molecular weight excluding hydrogens is 411 g/mol. The maximum absolute atomic E-state index is 14.2. The number of nitrogens with one attached hydrogen (secondary N) is 1. The molecule has 0 aliphatic heterocycles. The number of ether oxygens (including phenoxy) is 1. The minimum absolute atomic E-state index is 0.380. The van der Waals surface area contributed by atoms with Gasteiger partial charge in [-0.1, -0.05) is 22.0 Å². The second kappa shape index (κ2) is 7.15. The lowest BCUT2D eigenvalue weighted by molar-refractivity contribution is 0.322. The Morgan fingerprint density at radius 2 is 2.04 bits per heavy atom. The molecule has 0 saturated carbocycles. The largest absolute Gasteiger partial charge is 0.492 e. The fourth-order valence-electron chi connectivity index (χ4n) is 2.50. The molecule has 0 radical (unpaired) electrons. The molecule has 0 amide bonds. The van der Waals surface area contributed by atoms with Gasteiger partial charge in [-0.05, 0) is 43.4 Å². The van der Waals surface area contributed by atoms with Crippen molar-refractivity contribution in [3.63, 3.8) is 0 Å². The van der Waals surface area contributed by atoms with Gasteiger partial charge in [0.05, 0.1) is 5.52 Å². The van der Waals surface area contributed by atoms with Crippen LogP contribution < -0.4 is 10.1 Å². The molecule has 0 fully saturated rings. The van der Waals surface area contributed by atoms with Crippen molar-refractivity contribution in [3.8, 4) is 5.75 Å². The predicted molar refractivity (Wildman–Crippen MR) is 98.0 cm³/mol. The predicted octanol–water partition coefficient (Wildman–Crippen LogP) is 3.38. The van der Waals surface area contributed by atoms with E-state index in [1.54, 1.807) is 24.3 Å². The van der Waals surface area contributed by atoms with E-state index in [1.165, 1.54) is 18.3 Å². The highest BCUT2D eigenvalue weighted by Crippen LogP contribution is 2.30. The van der Waals surface area contributed by atoms with Gasteiger partial charge in [0.1, 0.15) is 23.1 Å². The Bertz CT molecular complexity index is 1020. The highest BCUT2D eigenvalue weighted by atomic mass is 79.9. The molecule has 3 rings (SSSR count). The van der Waals surface area contributed by atoms with Gasteiger partial charge in [0.15, 0.2) is 0 Å². The van der Waals surface area contributed by atoms with Gasteiger partial charge in [0.25, 0.3) is 10.0 Å². The lowest BCUT2D eigenvalue weighted by Gasteiger charge is -2.10. The number of fused-ring (bicyclic) bond motifs is 1. The Balaban J connectivity index is 2.08. The molecule has 5 nitrogen and oxygen atoms in total. The van der Waals surface area contributed by atoms with Crippen molar-refractivity contribution in [2.75, 3.05) is 20.2 Å². The first kappa shape index (κ1) is 17.9. The summed E-state index contributed by atoms with van der Waals surface area (Å²) in [5, 5.41) is 3.63. The van der Waals surface area contributed by atoms with E-state index >= 15 is 0 Å². The SMILES string of the molecule is CNCCOc1cccc2c1ccn2S(=O)(=O)c1ccc(Br)cc1F. The van der Waals surface area contributed by atoms with E-state index in [9.17, 15) is 12.8 Å². The van der Waals surface area contributed by atoms with Gasteiger partial charge in [-0.25, -0.2) is 16.8 Å². The van der Waals surface area contributed by atoms with E-state index in [0.717, 1.165) is 10.0 Å². The molecule has 1 N–H and O–H groups in total. The van der Waals surface area contributed by atoms with E-state index in [-0.39, 0.29) is 4.90 Å². The summed E-state index contributed by atoms with van der Waals surface area (Å²) in [4.78, 5) is -0.380. The second-order valence-electron chi connectivity index (χ2n) is 5.33. The van der Waals surface area contributed by atoms with Gasteiger partial charge < -0.3 is 10.1 Å². The smallest absolute Gasteiger partial charge is 0.271 e. The average molecular weight is 427 g/mol. The van der Waals surface area contributed by atoms with Crippen LogP contribution in [0.2, 0.25) is 0 Å². The monoisotopic (exact) mass is 426 g/mol. The van der Waals surface area contributed by atoms with Crippen molar-refractivity contribution in [3.05, 3.63) is 59.0 Å². The van der Waals surface area contributed by atoms with Gasteiger partial charge in [-0.15, -0.1) is 0 Å². The van der Waals surface area contributed by atoms with Crippen LogP contribution in [0.3, 0.4) is 0 Å². The molecule has 0 aliphatic carbocycles. The Morgan fingerprint density at radius 1 is 1.24 bits per heavy atom. The Labute approximate surface area is 153 Å². The number of rotatable bonds is 6. The van der Waals surface area contributed by atoms with Crippen LogP contribution in [0.4, 0.5) is 4.39 Å².